The van der Waals surface area contributed by atoms with Crippen molar-refractivity contribution in [2.24, 2.45) is 13.0 Å². The van der Waals surface area contributed by atoms with Crippen molar-refractivity contribution in [2.75, 3.05) is 26.2 Å². The van der Waals surface area contributed by atoms with Crippen LogP contribution in [0.1, 0.15) is 38.5 Å². The molecule has 0 spiro atoms. The van der Waals surface area contributed by atoms with Crippen molar-refractivity contribution in [3.05, 3.63) is 27.9 Å². The van der Waals surface area contributed by atoms with Gasteiger partial charge in [0.2, 0.25) is 15.9 Å². The summed E-state index contributed by atoms with van der Waals surface area (Å²) in [6, 6.07) is 4.85. The number of nitrogens with zero attached hydrogens (tertiary/aromatic N) is 3. The maximum atomic E-state index is 13.1. The second-order valence-electron chi connectivity index (χ2n) is 7.97. The fraction of sp³-hybridized carbons (Fsp3) is 0.600. The van der Waals surface area contributed by atoms with E-state index < -0.39 is 10.0 Å². The number of fused-ring (bicyclic) bond motifs is 1. The zero-order chi connectivity index (χ0) is 20.6. The van der Waals surface area contributed by atoms with Crippen molar-refractivity contribution in [3.63, 3.8) is 0 Å². The van der Waals surface area contributed by atoms with E-state index in [1.54, 1.807) is 25.2 Å². The summed E-state index contributed by atoms with van der Waals surface area (Å²) in [6.07, 6.45) is 5.62. The SMILES string of the molecule is Cn1c(=O)sc2cc(S(=O)(=O)N3CCC(C(=O)N4CCCCCC4)CC3)ccc21. The summed E-state index contributed by atoms with van der Waals surface area (Å²) in [7, 11) is -1.95. The van der Waals surface area contributed by atoms with Crippen molar-refractivity contribution < 1.29 is 13.2 Å². The third-order valence-corrected chi connectivity index (χ3v) is 9.01. The first-order valence-corrected chi connectivity index (χ1v) is 12.5. The van der Waals surface area contributed by atoms with Crippen molar-refractivity contribution in [3.8, 4) is 0 Å². The number of sulfonamides is 1. The number of rotatable bonds is 3. The van der Waals surface area contributed by atoms with Gasteiger partial charge in [-0.3, -0.25) is 9.59 Å². The normalized spacial score (nSPS) is 20.1. The second kappa shape index (κ2) is 8.20. The maximum absolute atomic E-state index is 13.1. The van der Waals surface area contributed by atoms with Crippen molar-refractivity contribution in [1.29, 1.82) is 0 Å². The van der Waals surface area contributed by atoms with Crippen molar-refractivity contribution in [2.45, 2.75) is 43.4 Å². The standard InChI is InChI=1S/C20H27N3O4S2/c1-21-17-7-6-16(14-18(17)28-20(21)25)29(26,27)23-12-8-15(9-13-23)19(24)22-10-4-2-3-5-11-22/h6-7,14-15H,2-5,8-13H2,1H3. The Morgan fingerprint density at radius 3 is 2.34 bits per heavy atom. The third-order valence-electron chi connectivity index (χ3n) is 6.12. The minimum absolute atomic E-state index is 0.0820. The number of piperidine rings is 1. The minimum Gasteiger partial charge on any atom is -0.342 e. The quantitative estimate of drug-likeness (QED) is 0.739. The molecule has 0 radical (unpaired) electrons. The van der Waals surface area contributed by atoms with Crippen LogP contribution in [0.25, 0.3) is 10.2 Å². The largest absolute Gasteiger partial charge is 0.342 e. The predicted octanol–water partition coefficient (Wildman–Crippen LogP) is 2.40. The molecule has 158 valence electrons. The zero-order valence-electron chi connectivity index (χ0n) is 16.7. The lowest BCUT2D eigenvalue weighted by Gasteiger charge is -2.33. The number of likely N-dealkylation sites (tertiary alicyclic amines) is 1. The number of benzene rings is 1. The highest BCUT2D eigenvalue weighted by molar-refractivity contribution is 7.89. The molecule has 0 atom stereocenters. The summed E-state index contributed by atoms with van der Waals surface area (Å²) < 4.78 is 29.9. The number of thiazole rings is 1. The first kappa shape index (κ1) is 20.6. The van der Waals surface area contributed by atoms with E-state index in [9.17, 15) is 18.0 Å². The Labute approximate surface area is 175 Å². The van der Waals surface area contributed by atoms with Crippen LogP contribution < -0.4 is 4.87 Å². The number of hydrogen-bond acceptors (Lipinski definition) is 5. The molecule has 1 amide bonds. The molecule has 4 rings (SSSR count). The summed E-state index contributed by atoms with van der Waals surface area (Å²) in [4.78, 5) is 26.8. The molecule has 3 heterocycles. The van der Waals surface area contributed by atoms with Crippen LogP contribution in [-0.2, 0) is 21.9 Å². The van der Waals surface area contributed by atoms with Gasteiger partial charge in [0.25, 0.3) is 0 Å². The maximum Gasteiger partial charge on any atom is 0.307 e. The average Bonchev–Trinajstić information content (AvgIpc) is 2.91. The van der Waals surface area contributed by atoms with Gasteiger partial charge in [-0.2, -0.15) is 4.31 Å². The fourth-order valence-electron chi connectivity index (χ4n) is 4.32. The Hall–Kier alpha value is -1.71. The molecular formula is C20H27N3O4S2. The van der Waals surface area contributed by atoms with Gasteiger partial charge in [-0.15, -0.1) is 0 Å². The summed E-state index contributed by atoms with van der Waals surface area (Å²) in [5.41, 5.74) is 0.737. The van der Waals surface area contributed by atoms with E-state index in [-0.39, 0.29) is 21.6 Å². The Balaban J connectivity index is 1.46. The number of carbonyl (C=O) groups is 1. The van der Waals surface area contributed by atoms with Gasteiger partial charge in [0.05, 0.1) is 15.1 Å². The highest BCUT2D eigenvalue weighted by Gasteiger charge is 2.34. The Bertz CT molecular complexity index is 1060. The van der Waals surface area contributed by atoms with Gasteiger partial charge in [0.15, 0.2) is 0 Å². The third kappa shape index (κ3) is 4.00. The van der Waals surface area contributed by atoms with Crippen LogP contribution in [0.2, 0.25) is 0 Å². The lowest BCUT2D eigenvalue weighted by atomic mass is 9.96. The summed E-state index contributed by atoms with van der Waals surface area (Å²) in [5.74, 6) is 0.112. The number of aromatic nitrogens is 1. The average molecular weight is 438 g/mol. The molecule has 2 aliphatic rings. The zero-order valence-corrected chi connectivity index (χ0v) is 18.3. The molecule has 2 aliphatic heterocycles. The first-order chi connectivity index (χ1) is 13.9. The van der Waals surface area contributed by atoms with Crippen molar-refractivity contribution >= 4 is 37.5 Å². The highest BCUT2D eigenvalue weighted by atomic mass is 32.2. The molecule has 0 aliphatic carbocycles. The van der Waals surface area contributed by atoms with Crippen LogP contribution in [0.4, 0.5) is 0 Å². The molecule has 0 unspecified atom stereocenters. The fourth-order valence-corrected chi connectivity index (χ4v) is 6.81. The van der Waals surface area contributed by atoms with Gasteiger partial charge >= 0.3 is 4.87 Å². The van der Waals surface area contributed by atoms with E-state index in [0.717, 1.165) is 42.8 Å². The summed E-state index contributed by atoms with van der Waals surface area (Å²) >= 11 is 1.05. The van der Waals surface area contributed by atoms with Crippen LogP contribution in [0, 0.1) is 5.92 Å². The van der Waals surface area contributed by atoms with Crippen LogP contribution in [0.15, 0.2) is 27.9 Å². The smallest absolute Gasteiger partial charge is 0.307 e. The lowest BCUT2D eigenvalue weighted by Crippen LogP contribution is -2.44. The number of hydrogen-bond donors (Lipinski definition) is 0. The van der Waals surface area contributed by atoms with Gasteiger partial charge < -0.3 is 9.47 Å². The highest BCUT2D eigenvalue weighted by Crippen LogP contribution is 2.28. The van der Waals surface area contributed by atoms with E-state index in [1.165, 1.54) is 21.7 Å². The molecule has 0 saturated carbocycles. The van der Waals surface area contributed by atoms with Gasteiger partial charge in [0, 0.05) is 39.1 Å². The molecule has 29 heavy (non-hydrogen) atoms. The molecule has 1 aromatic carbocycles. The molecule has 0 N–H and O–H groups in total. The van der Waals surface area contributed by atoms with Crippen molar-refractivity contribution in [1.82, 2.24) is 13.8 Å². The Morgan fingerprint density at radius 1 is 1.03 bits per heavy atom. The number of aryl methyl sites for hydroxylation is 1. The van der Waals surface area contributed by atoms with Crippen LogP contribution in [0.5, 0.6) is 0 Å². The molecule has 9 heteroatoms. The molecule has 2 saturated heterocycles. The Morgan fingerprint density at radius 2 is 1.69 bits per heavy atom. The second-order valence-corrected chi connectivity index (χ2v) is 10.9. The predicted molar refractivity (Wildman–Crippen MR) is 114 cm³/mol. The van der Waals surface area contributed by atoms with Gasteiger partial charge in [-0.25, -0.2) is 8.42 Å². The monoisotopic (exact) mass is 437 g/mol. The minimum atomic E-state index is -3.63. The lowest BCUT2D eigenvalue weighted by molar-refractivity contribution is -0.136. The first-order valence-electron chi connectivity index (χ1n) is 10.3. The van der Waals surface area contributed by atoms with Gasteiger partial charge in [-0.1, -0.05) is 24.2 Å². The molecule has 0 bridgehead atoms. The molecular weight excluding hydrogens is 410 g/mol. The van der Waals surface area contributed by atoms with Gasteiger partial charge in [0.1, 0.15) is 0 Å². The van der Waals surface area contributed by atoms with E-state index in [1.807, 2.05) is 4.90 Å². The van der Waals surface area contributed by atoms with E-state index in [2.05, 4.69) is 0 Å². The number of carbonyl (C=O) groups excluding carboxylic acids is 1. The molecule has 1 aromatic heterocycles. The van der Waals surface area contributed by atoms with Crippen LogP contribution in [-0.4, -0.2) is 54.3 Å². The molecule has 7 nitrogen and oxygen atoms in total. The van der Waals surface area contributed by atoms with E-state index in [0.29, 0.717) is 30.6 Å². The van der Waals surface area contributed by atoms with Gasteiger partial charge in [-0.05, 0) is 43.9 Å². The van der Waals surface area contributed by atoms with E-state index in [4.69, 9.17) is 0 Å². The summed E-state index contributed by atoms with van der Waals surface area (Å²) in [5, 5.41) is 0. The number of amides is 1. The molecule has 2 fully saturated rings. The molecule has 2 aromatic rings. The Kier molecular flexibility index (Phi) is 5.81. The van der Waals surface area contributed by atoms with Crippen LogP contribution >= 0.6 is 11.3 Å². The topological polar surface area (TPSA) is 79.7 Å². The van der Waals surface area contributed by atoms with Crippen LogP contribution in [0.3, 0.4) is 0 Å². The summed E-state index contributed by atoms with van der Waals surface area (Å²) in [6.45, 7) is 2.37. The van der Waals surface area contributed by atoms with E-state index >= 15 is 0 Å².